The van der Waals surface area contributed by atoms with Gasteiger partial charge in [0.15, 0.2) is 17.5 Å². The highest BCUT2D eigenvalue weighted by Gasteiger charge is 2.84. The van der Waals surface area contributed by atoms with E-state index in [1.807, 2.05) is 0 Å². The van der Waals surface area contributed by atoms with Crippen LogP contribution in [-0.4, -0.2) is 76.1 Å². The van der Waals surface area contributed by atoms with Gasteiger partial charge in [-0.15, -0.1) is 0 Å². The fourth-order valence-corrected chi connectivity index (χ4v) is 8.52. The molecule has 1 aliphatic heterocycles. The Morgan fingerprint density at radius 2 is 1.71 bits per heavy atom. The molecule has 3 saturated carbocycles. The van der Waals surface area contributed by atoms with Crippen LogP contribution in [0.15, 0.2) is 41.5 Å². The maximum atomic E-state index is 14.8. The molecule has 2 unspecified atom stereocenters. The maximum Gasteiger partial charge on any atom is 0.338 e. The Morgan fingerprint density at radius 3 is 2.29 bits per heavy atom. The summed E-state index contributed by atoms with van der Waals surface area (Å²) in [5.74, 6) is -3.67. The van der Waals surface area contributed by atoms with Crippen LogP contribution in [0.25, 0.3) is 0 Å². The Hall–Kier alpha value is -3.08. The van der Waals surface area contributed by atoms with E-state index in [0.29, 0.717) is 24.0 Å². The number of ether oxygens (including phenoxy) is 4. The van der Waals surface area contributed by atoms with Crippen LogP contribution in [0.3, 0.4) is 0 Å². The monoisotopic (exact) mass is 568 g/mol. The highest BCUT2D eigenvalue weighted by molar-refractivity contribution is 5.97. The number of benzene rings is 1. The van der Waals surface area contributed by atoms with Crippen LogP contribution in [0.1, 0.15) is 64.2 Å². The molecule has 9 atom stereocenters. The van der Waals surface area contributed by atoms with Gasteiger partial charge in [-0.2, -0.15) is 0 Å². The summed E-state index contributed by atoms with van der Waals surface area (Å²) in [6, 6.07) is 8.29. The predicted molar refractivity (Wildman–Crippen MR) is 141 cm³/mol. The normalized spacial score (nSPS) is 41.8. The van der Waals surface area contributed by atoms with Gasteiger partial charge in [0.1, 0.15) is 17.8 Å². The fraction of sp³-hybridized carbons (Fsp3) is 0.613. The van der Waals surface area contributed by atoms with Crippen molar-refractivity contribution >= 4 is 23.7 Å². The van der Waals surface area contributed by atoms with Crippen molar-refractivity contribution in [2.45, 2.75) is 89.5 Å². The first kappa shape index (κ1) is 28.1. The van der Waals surface area contributed by atoms with Crippen LogP contribution < -0.4 is 0 Å². The van der Waals surface area contributed by atoms with Gasteiger partial charge < -0.3 is 29.2 Å². The van der Waals surface area contributed by atoms with Crippen molar-refractivity contribution in [3.8, 4) is 0 Å². The zero-order valence-electron chi connectivity index (χ0n) is 23.8. The van der Waals surface area contributed by atoms with E-state index in [0.717, 1.165) is 0 Å². The Morgan fingerprint density at radius 1 is 1.02 bits per heavy atom. The van der Waals surface area contributed by atoms with Crippen molar-refractivity contribution in [3.63, 3.8) is 0 Å². The van der Waals surface area contributed by atoms with E-state index in [1.54, 1.807) is 51.1 Å². The summed E-state index contributed by atoms with van der Waals surface area (Å²) < 4.78 is 23.9. The molecule has 0 radical (unpaired) electrons. The van der Waals surface area contributed by atoms with Crippen LogP contribution in [0.5, 0.6) is 0 Å². The van der Waals surface area contributed by atoms with E-state index in [2.05, 4.69) is 0 Å². The number of ketones is 1. The fourth-order valence-electron chi connectivity index (χ4n) is 8.52. The SMILES string of the molecule is CC(=O)O[C@H]1C(=O)[C@]23C[C@H]2C[C@H]2OC[C@@]2(OC(C)=O)C3C(OC(=O)c2ccccc2)[C@]2(O)C[C@H](O)C(C)=C1C2(C)C. The smallest absolute Gasteiger partial charge is 0.338 e. The van der Waals surface area contributed by atoms with Crippen molar-refractivity contribution in [3.05, 3.63) is 47.0 Å². The molecule has 1 aromatic rings. The van der Waals surface area contributed by atoms with Gasteiger partial charge >= 0.3 is 17.9 Å². The summed E-state index contributed by atoms with van der Waals surface area (Å²) in [5.41, 5.74) is -4.92. The van der Waals surface area contributed by atoms with Gasteiger partial charge in [0.25, 0.3) is 0 Å². The first-order valence-electron chi connectivity index (χ1n) is 14.1. The van der Waals surface area contributed by atoms with E-state index in [4.69, 9.17) is 18.9 Å². The first-order valence-corrected chi connectivity index (χ1v) is 14.1. The number of carbonyl (C=O) groups is 4. The number of aliphatic hydroxyl groups excluding tert-OH is 1. The Bertz CT molecular complexity index is 1370. The molecular formula is C31H36O10. The van der Waals surface area contributed by atoms with E-state index >= 15 is 0 Å². The van der Waals surface area contributed by atoms with Crippen molar-refractivity contribution < 1.29 is 48.3 Å². The van der Waals surface area contributed by atoms with E-state index < -0.39 is 76.1 Å². The second-order valence-electron chi connectivity index (χ2n) is 12.9. The summed E-state index contributed by atoms with van der Waals surface area (Å²) in [6.45, 7) is 7.48. The molecule has 6 rings (SSSR count). The number of hydrogen-bond acceptors (Lipinski definition) is 10. The van der Waals surface area contributed by atoms with Gasteiger partial charge in [-0.1, -0.05) is 32.0 Å². The summed E-state index contributed by atoms with van der Waals surface area (Å²) in [4.78, 5) is 53.4. The topological polar surface area (TPSA) is 146 Å². The van der Waals surface area contributed by atoms with Crippen molar-refractivity contribution in [1.29, 1.82) is 0 Å². The Labute approximate surface area is 238 Å². The van der Waals surface area contributed by atoms with E-state index in [9.17, 15) is 29.4 Å². The van der Waals surface area contributed by atoms with Crippen molar-refractivity contribution in [2.24, 2.45) is 22.7 Å². The van der Waals surface area contributed by atoms with Gasteiger partial charge in [-0.05, 0) is 49.0 Å². The molecule has 4 fully saturated rings. The molecule has 1 heterocycles. The average Bonchev–Trinajstić information content (AvgIpc) is 3.62. The molecule has 1 saturated heterocycles. The second kappa shape index (κ2) is 8.96. The molecule has 1 aromatic carbocycles. The number of hydrogen-bond donors (Lipinski definition) is 2. The number of rotatable bonds is 4. The minimum atomic E-state index is -1.96. The molecule has 1 spiro atoms. The standard InChI is InChI=1S/C31H36O10/c1-15-20(34)13-31(37)26(40-27(36)18-9-7-6-8-10-18)24-29(25(35)23(39-16(2)32)22(15)28(31,4)5)12-19(29)11-21-30(24,14-38-21)41-17(3)33/h6-10,19-21,23-24,26,34,37H,11-14H2,1-5H3/t19-,20+,21-,23-,24?,26?,29-,30+,31-/m1/s1. The molecule has 5 aliphatic rings. The zero-order chi connectivity index (χ0) is 29.7. The number of carbonyl (C=O) groups excluding carboxylic acids is 4. The number of Topliss-reactive ketones (excluding diaryl/α,β-unsaturated/α-hetero) is 1. The number of fused-ring (bicyclic) bond motifs is 4. The zero-order valence-corrected chi connectivity index (χ0v) is 23.8. The Kier molecular flexibility index (Phi) is 6.13. The average molecular weight is 569 g/mol. The molecule has 2 bridgehead atoms. The lowest BCUT2D eigenvalue weighted by atomic mass is 9.48. The third-order valence-corrected chi connectivity index (χ3v) is 10.6. The summed E-state index contributed by atoms with van der Waals surface area (Å²) in [7, 11) is 0. The lowest BCUT2D eigenvalue weighted by molar-refractivity contribution is -0.323. The van der Waals surface area contributed by atoms with Crippen LogP contribution in [0.4, 0.5) is 0 Å². The Balaban J connectivity index is 1.62. The lowest BCUT2D eigenvalue weighted by Gasteiger charge is -2.64. The third-order valence-electron chi connectivity index (χ3n) is 10.6. The minimum Gasteiger partial charge on any atom is -0.455 e. The van der Waals surface area contributed by atoms with E-state index in [-0.39, 0.29) is 24.5 Å². The van der Waals surface area contributed by atoms with Gasteiger partial charge in [-0.25, -0.2) is 4.79 Å². The second-order valence-corrected chi connectivity index (χ2v) is 12.9. The number of aliphatic hydroxyl groups is 2. The van der Waals surface area contributed by atoms with Crippen LogP contribution >= 0.6 is 0 Å². The van der Waals surface area contributed by atoms with Crippen LogP contribution in [0, 0.1) is 22.7 Å². The van der Waals surface area contributed by atoms with Crippen LogP contribution in [0.2, 0.25) is 0 Å². The van der Waals surface area contributed by atoms with Crippen molar-refractivity contribution in [2.75, 3.05) is 6.61 Å². The highest BCUT2D eigenvalue weighted by Crippen LogP contribution is 2.74. The molecule has 2 N–H and O–H groups in total. The predicted octanol–water partition coefficient (Wildman–Crippen LogP) is 2.29. The van der Waals surface area contributed by atoms with Gasteiger partial charge in [0.2, 0.25) is 0 Å². The van der Waals surface area contributed by atoms with Crippen LogP contribution in [-0.2, 0) is 33.3 Å². The third kappa shape index (κ3) is 3.66. The van der Waals surface area contributed by atoms with Gasteiger partial charge in [0, 0.05) is 31.1 Å². The molecule has 0 amide bonds. The first-order chi connectivity index (χ1) is 19.2. The molecule has 41 heavy (non-hydrogen) atoms. The molecule has 0 aromatic heterocycles. The largest absolute Gasteiger partial charge is 0.455 e. The molecule has 10 heteroatoms. The van der Waals surface area contributed by atoms with Gasteiger partial charge in [-0.3, -0.25) is 14.4 Å². The highest BCUT2D eigenvalue weighted by atomic mass is 16.6. The lowest BCUT2D eigenvalue weighted by Crippen LogP contribution is -2.78. The van der Waals surface area contributed by atoms with E-state index in [1.165, 1.54) is 13.8 Å². The summed E-state index contributed by atoms with van der Waals surface area (Å²) in [5, 5.41) is 24.2. The minimum absolute atomic E-state index is 0.0535. The summed E-state index contributed by atoms with van der Waals surface area (Å²) in [6.07, 6.45) is -4.01. The quantitative estimate of drug-likeness (QED) is 0.315. The molecular weight excluding hydrogens is 532 g/mol. The molecule has 4 aliphatic carbocycles. The van der Waals surface area contributed by atoms with Gasteiger partial charge in [0.05, 0.1) is 24.2 Å². The summed E-state index contributed by atoms with van der Waals surface area (Å²) >= 11 is 0. The number of esters is 3. The van der Waals surface area contributed by atoms with Crippen molar-refractivity contribution in [1.82, 2.24) is 0 Å². The molecule has 10 nitrogen and oxygen atoms in total. The molecule has 220 valence electrons. The maximum absolute atomic E-state index is 14.8.